The maximum Gasteiger partial charge on any atom is 0.238 e. The fourth-order valence-electron chi connectivity index (χ4n) is 2.96. The predicted molar refractivity (Wildman–Crippen MR) is 95.7 cm³/mol. The quantitative estimate of drug-likeness (QED) is 0.557. The first-order valence-corrected chi connectivity index (χ1v) is 8.60. The monoisotopic (exact) mass is 345 g/mol. The average Bonchev–Trinajstić information content (AvgIpc) is 3.24. The number of nitrogens with zero attached hydrogens (tertiary/aromatic N) is 5. The Morgan fingerprint density at radius 3 is 2.84 bits per heavy atom. The van der Waals surface area contributed by atoms with Crippen LogP contribution in [0.1, 0.15) is 5.69 Å². The molecule has 5 rings (SSSR count). The van der Waals surface area contributed by atoms with Crippen LogP contribution in [0.5, 0.6) is 0 Å². The van der Waals surface area contributed by atoms with E-state index in [2.05, 4.69) is 15.0 Å². The van der Waals surface area contributed by atoms with Gasteiger partial charge in [-0.1, -0.05) is 0 Å². The molecule has 0 N–H and O–H groups in total. The second kappa shape index (κ2) is 5.42. The van der Waals surface area contributed by atoms with E-state index in [-0.39, 0.29) is 12.3 Å². The molecule has 1 aromatic carbocycles. The van der Waals surface area contributed by atoms with E-state index in [4.69, 9.17) is 4.98 Å². The fraction of sp³-hybridized carbons (Fsp3) is 0.0556. The Balaban J connectivity index is 1.64. The van der Waals surface area contributed by atoms with Crippen LogP contribution in [0.3, 0.4) is 0 Å². The van der Waals surface area contributed by atoms with Crippen LogP contribution in [-0.4, -0.2) is 25.8 Å². The van der Waals surface area contributed by atoms with Crippen LogP contribution in [0.25, 0.3) is 21.5 Å². The van der Waals surface area contributed by atoms with Crippen LogP contribution in [-0.2, 0) is 11.2 Å². The van der Waals surface area contributed by atoms with Crippen LogP contribution in [0.15, 0.2) is 54.4 Å². The van der Waals surface area contributed by atoms with Gasteiger partial charge in [0.2, 0.25) is 5.91 Å². The van der Waals surface area contributed by atoms with Gasteiger partial charge in [0.1, 0.15) is 0 Å². The number of hydrogen-bond acceptors (Lipinski definition) is 6. The minimum atomic E-state index is -0.0311. The molecule has 0 atom stereocenters. The van der Waals surface area contributed by atoms with Crippen molar-refractivity contribution in [1.29, 1.82) is 0 Å². The molecular formula is C18H11N5OS. The molecule has 4 heterocycles. The normalized spacial score (nSPS) is 13.4. The third-order valence-electron chi connectivity index (χ3n) is 4.16. The van der Waals surface area contributed by atoms with Gasteiger partial charge in [0, 0.05) is 18.0 Å². The van der Waals surface area contributed by atoms with E-state index in [1.807, 2.05) is 30.3 Å². The molecular weight excluding hydrogens is 334 g/mol. The highest BCUT2D eigenvalue weighted by Crippen LogP contribution is 2.35. The van der Waals surface area contributed by atoms with Crippen molar-refractivity contribution in [3.63, 3.8) is 0 Å². The molecule has 1 amide bonds. The first-order chi connectivity index (χ1) is 12.3. The van der Waals surface area contributed by atoms with Crippen molar-refractivity contribution in [2.24, 2.45) is 0 Å². The maximum atomic E-state index is 12.6. The SMILES string of the molecule is O=C1Cc2ncc(-c3ccncc3)nc2N1c1ccc2scnc2c1. The number of benzene rings is 1. The van der Waals surface area contributed by atoms with Gasteiger partial charge in [0.15, 0.2) is 5.82 Å². The highest BCUT2D eigenvalue weighted by atomic mass is 32.1. The van der Waals surface area contributed by atoms with E-state index < -0.39 is 0 Å². The van der Waals surface area contributed by atoms with Crippen LogP contribution in [0.2, 0.25) is 0 Å². The van der Waals surface area contributed by atoms with Crippen molar-refractivity contribution in [2.75, 3.05) is 4.90 Å². The van der Waals surface area contributed by atoms with Gasteiger partial charge in [-0.05, 0) is 30.3 Å². The zero-order valence-corrected chi connectivity index (χ0v) is 13.8. The van der Waals surface area contributed by atoms with Crippen molar-refractivity contribution < 1.29 is 4.79 Å². The molecule has 1 aliphatic rings. The number of carbonyl (C=O) groups is 1. The van der Waals surface area contributed by atoms with Gasteiger partial charge in [-0.3, -0.25) is 19.7 Å². The number of amides is 1. The van der Waals surface area contributed by atoms with Gasteiger partial charge in [0.25, 0.3) is 0 Å². The second-order valence-corrected chi connectivity index (χ2v) is 6.56. The third kappa shape index (κ3) is 2.28. The second-order valence-electron chi connectivity index (χ2n) is 5.67. The minimum Gasteiger partial charge on any atom is -0.274 e. The number of pyridine rings is 1. The van der Waals surface area contributed by atoms with Crippen LogP contribution < -0.4 is 4.90 Å². The Morgan fingerprint density at radius 1 is 1.08 bits per heavy atom. The molecule has 0 unspecified atom stereocenters. The largest absolute Gasteiger partial charge is 0.274 e. The van der Waals surface area contributed by atoms with Crippen molar-refractivity contribution in [3.8, 4) is 11.3 Å². The van der Waals surface area contributed by atoms with Gasteiger partial charge >= 0.3 is 0 Å². The fourth-order valence-corrected chi connectivity index (χ4v) is 3.62. The van der Waals surface area contributed by atoms with Crippen molar-refractivity contribution in [3.05, 3.63) is 60.1 Å². The molecule has 0 radical (unpaired) electrons. The Hall–Kier alpha value is -3.19. The van der Waals surface area contributed by atoms with E-state index in [1.165, 1.54) is 0 Å². The first-order valence-electron chi connectivity index (χ1n) is 7.72. The smallest absolute Gasteiger partial charge is 0.238 e. The number of thiazole rings is 1. The highest BCUT2D eigenvalue weighted by molar-refractivity contribution is 7.16. The molecule has 0 bridgehead atoms. The van der Waals surface area contributed by atoms with E-state index in [0.717, 1.165) is 27.2 Å². The Labute approximate surface area is 146 Å². The summed E-state index contributed by atoms with van der Waals surface area (Å²) in [5.41, 5.74) is 5.77. The van der Waals surface area contributed by atoms with Gasteiger partial charge in [0.05, 0.1) is 45.4 Å². The number of hydrogen-bond donors (Lipinski definition) is 0. The third-order valence-corrected chi connectivity index (χ3v) is 4.97. The molecule has 0 fully saturated rings. The van der Waals surface area contributed by atoms with Crippen molar-refractivity contribution in [1.82, 2.24) is 19.9 Å². The molecule has 3 aromatic heterocycles. The Bertz CT molecular complexity index is 1110. The van der Waals surface area contributed by atoms with Crippen LogP contribution in [0, 0.1) is 0 Å². The summed E-state index contributed by atoms with van der Waals surface area (Å²) in [6.45, 7) is 0. The summed E-state index contributed by atoms with van der Waals surface area (Å²) >= 11 is 1.58. The van der Waals surface area contributed by atoms with E-state index >= 15 is 0 Å². The molecule has 0 spiro atoms. The lowest BCUT2D eigenvalue weighted by molar-refractivity contribution is -0.116. The van der Waals surface area contributed by atoms with Crippen LogP contribution in [0.4, 0.5) is 11.5 Å². The molecule has 120 valence electrons. The predicted octanol–water partition coefficient (Wildman–Crippen LogP) is 3.37. The Morgan fingerprint density at radius 2 is 1.96 bits per heavy atom. The summed E-state index contributed by atoms with van der Waals surface area (Å²) in [5.74, 6) is 0.561. The summed E-state index contributed by atoms with van der Waals surface area (Å²) in [6.07, 6.45) is 5.38. The van der Waals surface area contributed by atoms with E-state index in [1.54, 1.807) is 40.3 Å². The minimum absolute atomic E-state index is 0.0311. The van der Waals surface area contributed by atoms with E-state index in [9.17, 15) is 4.79 Å². The van der Waals surface area contributed by atoms with Gasteiger partial charge < -0.3 is 0 Å². The molecule has 0 saturated heterocycles. The Kier molecular flexibility index (Phi) is 3.07. The van der Waals surface area contributed by atoms with E-state index in [0.29, 0.717) is 11.5 Å². The summed E-state index contributed by atoms with van der Waals surface area (Å²) in [7, 11) is 0. The first kappa shape index (κ1) is 14.2. The zero-order valence-electron chi connectivity index (χ0n) is 13.0. The summed E-state index contributed by atoms with van der Waals surface area (Å²) < 4.78 is 1.09. The summed E-state index contributed by atoms with van der Waals surface area (Å²) in [6, 6.07) is 9.57. The lowest BCUT2D eigenvalue weighted by atomic mass is 10.2. The summed E-state index contributed by atoms with van der Waals surface area (Å²) in [4.78, 5) is 31.7. The molecule has 25 heavy (non-hydrogen) atoms. The summed E-state index contributed by atoms with van der Waals surface area (Å²) in [5, 5.41) is 0. The standard InChI is InChI=1S/C18H11N5OS/c24-17-8-14-18(22-15(9-20-14)11-3-5-19-6-4-11)23(17)12-1-2-16-13(7-12)21-10-25-16/h1-7,9-10H,8H2. The van der Waals surface area contributed by atoms with Gasteiger partial charge in [-0.25, -0.2) is 9.97 Å². The van der Waals surface area contributed by atoms with Gasteiger partial charge in [-0.2, -0.15) is 0 Å². The maximum absolute atomic E-state index is 12.6. The molecule has 4 aromatic rings. The lowest BCUT2D eigenvalue weighted by Crippen LogP contribution is -2.21. The van der Waals surface area contributed by atoms with Gasteiger partial charge in [-0.15, -0.1) is 11.3 Å². The van der Waals surface area contributed by atoms with Crippen molar-refractivity contribution in [2.45, 2.75) is 6.42 Å². The molecule has 7 heteroatoms. The van der Waals surface area contributed by atoms with Crippen molar-refractivity contribution >= 4 is 39.0 Å². The molecule has 1 aliphatic heterocycles. The number of fused-ring (bicyclic) bond motifs is 2. The lowest BCUT2D eigenvalue weighted by Gasteiger charge is -2.16. The number of anilines is 2. The topological polar surface area (TPSA) is 71.9 Å². The highest BCUT2D eigenvalue weighted by Gasteiger charge is 2.32. The average molecular weight is 345 g/mol. The number of aromatic nitrogens is 4. The molecule has 6 nitrogen and oxygen atoms in total. The number of rotatable bonds is 2. The zero-order chi connectivity index (χ0) is 16.8. The molecule has 0 aliphatic carbocycles. The van der Waals surface area contributed by atoms with Crippen LogP contribution >= 0.6 is 11.3 Å². The number of carbonyl (C=O) groups excluding carboxylic acids is 1. The molecule has 0 saturated carbocycles.